The van der Waals surface area contributed by atoms with Crippen LogP contribution < -0.4 is 0 Å². The van der Waals surface area contributed by atoms with Crippen molar-refractivity contribution in [2.75, 3.05) is 0 Å². The summed E-state index contributed by atoms with van der Waals surface area (Å²) in [6, 6.07) is 6.63. The third-order valence-electron chi connectivity index (χ3n) is 4.17. The molecule has 0 aromatic heterocycles. The summed E-state index contributed by atoms with van der Waals surface area (Å²) in [5.41, 5.74) is 3.90. The molecule has 0 saturated heterocycles. The Morgan fingerprint density at radius 3 is 2.11 bits per heavy atom. The van der Waals surface area contributed by atoms with Crippen molar-refractivity contribution < 1.29 is 5.11 Å². The molecule has 0 bridgehead atoms. The van der Waals surface area contributed by atoms with Gasteiger partial charge < -0.3 is 5.11 Å². The van der Waals surface area contributed by atoms with E-state index in [1.54, 1.807) is 0 Å². The van der Waals surface area contributed by atoms with Crippen molar-refractivity contribution in [3.8, 4) is 0 Å². The zero-order chi connectivity index (χ0) is 13.0. The number of hydrogen-bond acceptors (Lipinski definition) is 1. The Hall–Kier alpha value is -0.820. The van der Waals surface area contributed by atoms with Crippen LogP contribution in [0, 0.1) is 19.8 Å². The highest BCUT2D eigenvalue weighted by Gasteiger charge is 2.20. The largest absolute Gasteiger partial charge is 0.392 e. The maximum Gasteiger partial charge on any atom is 0.0608 e. The van der Waals surface area contributed by atoms with Crippen LogP contribution in [0.4, 0.5) is 0 Å². The molecule has 2 rings (SSSR count). The van der Waals surface area contributed by atoms with Gasteiger partial charge in [-0.05, 0) is 44.6 Å². The van der Waals surface area contributed by atoms with Crippen LogP contribution in [0.2, 0.25) is 0 Å². The Morgan fingerprint density at radius 2 is 1.56 bits per heavy atom. The van der Waals surface area contributed by atoms with Gasteiger partial charge in [-0.1, -0.05) is 55.0 Å². The monoisotopic (exact) mass is 246 g/mol. The third kappa shape index (κ3) is 3.84. The Bertz CT molecular complexity index is 355. The summed E-state index contributed by atoms with van der Waals surface area (Å²) in [6.45, 7) is 4.27. The van der Waals surface area contributed by atoms with Gasteiger partial charge in [0, 0.05) is 0 Å². The number of benzene rings is 1. The first-order valence-corrected chi connectivity index (χ1v) is 7.40. The molecule has 1 aliphatic carbocycles. The lowest BCUT2D eigenvalue weighted by Crippen LogP contribution is -2.22. The topological polar surface area (TPSA) is 20.2 Å². The predicted molar refractivity (Wildman–Crippen MR) is 76.8 cm³/mol. The SMILES string of the molecule is Cc1cc(C)cc(CC(O)C2CCCCCC2)c1. The van der Waals surface area contributed by atoms with E-state index in [1.807, 2.05) is 0 Å². The van der Waals surface area contributed by atoms with Gasteiger partial charge >= 0.3 is 0 Å². The van der Waals surface area contributed by atoms with Crippen LogP contribution >= 0.6 is 0 Å². The van der Waals surface area contributed by atoms with Crippen LogP contribution in [0.5, 0.6) is 0 Å². The Kier molecular flexibility index (Phi) is 4.82. The zero-order valence-corrected chi connectivity index (χ0v) is 11.8. The Morgan fingerprint density at radius 1 is 1.00 bits per heavy atom. The zero-order valence-electron chi connectivity index (χ0n) is 11.8. The van der Waals surface area contributed by atoms with Gasteiger partial charge in [-0.15, -0.1) is 0 Å². The molecule has 0 radical (unpaired) electrons. The van der Waals surface area contributed by atoms with Gasteiger partial charge in [-0.25, -0.2) is 0 Å². The average Bonchev–Trinajstić information content (AvgIpc) is 2.55. The molecule has 100 valence electrons. The lowest BCUT2D eigenvalue weighted by molar-refractivity contribution is 0.0986. The summed E-state index contributed by atoms with van der Waals surface area (Å²) in [5.74, 6) is 0.522. The van der Waals surface area contributed by atoms with Crippen LogP contribution in [-0.4, -0.2) is 11.2 Å². The van der Waals surface area contributed by atoms with Crippen LogP contribution in [-0.2, 0) is 6.42 Å². The summed E-state index contributed by atoms with van der Waals surface area (Å²) < 4.78 is 0. The molecule has 1 aliphatic rings. The van der Waals surface area contributed by atoms with Crippen molar-refractivity contribution in [3.63, 3.8) is 0 Å². The van der Waals surface area contributed by atoms with E-state index in [4.69, 9.17) is 0 Å². The second-order valence-electron chi connectivity index (χ2n) is 6.02. The van der Waals surface area contributed by atoms with Gasteiger partial charge in [-0.2, -0.15) is 0 Å². The molecule has 0 aliphatic heterocycles. The second kappa shape index (κ2) is 6.38. The molecule has 0 amide bonds. The molecule has 1 aromatic rings. The summed E-state index contributed by atoms with van der Waals surface area (Å²) in [7, 11) is 0. The van der Waals surface area contributed by atoms with Crippen molar-refractivity contribution in [2.45, 2.75) is 64.9 Å². The molecule has 1 fully saturated rings. The molecular weight excluding hydrogens is 220 g/mol. The molecule has 18 heavy (non-hydrogen) atoms. The smallest absolute Gasteiger partial charge is 0.0608 e. The van der Waals surface area contributed by atoms with Crippen LogP contribution in [0.25, 0.3) is 0 Å². The fourth-order valence-electron chi connectivity index (χ4n) is 3.29. The molecule has 1 unspecified atom stereocenters. The van der Waals surface area contributed by atoms with E-state index in [0.717, 1.165) is 6.42 Å². The van der Waals surface area contributed by atoms with E-state index < -0.39 is 0 Å². The average molecular weight is 246 g/mol. The fourth-order valence-corrected chi connectivity index (χ4v) is 3.29. The quantitative estimate of drug-likeness (QED) is 0.793. The molecule has 0 heterocycles. The molecule has 1 atom stereocenters. The third-order valence-corrected chi connectivity index (χ3v) is 4.17. The summed E-state index contributed by atoms with van der Waals surface area (Å²) >= 11 is 0. The number of rotatable bonds is 3. The molecule has 1 N–H and O–H groups in total. The normalized spacial score (nSPS) is 19.5. The Balaban J connectivity index is 1.98. The first kappa shape index (κ1) is 13.6. The van der Waals surface area contributed by atoms with Gasteiger partial charge in [0.15, 0.2) is 0 Å². The lowest BCUT2D eigenvalue weighted by Gasteiger charge is -2.21. The maximum absolute atomic E-state index is 10.4. The summed E-state index contributed by atoms with van der Waals surface area (Å²) in [6.07, 6.45) is 8.41. The van der Waals surface area contributed by atoms with Gasteiger partial charge in [0.25, 0.3) is 0 Å². The van der Waals surface area contributed by atoms with E-state index in [0.29, 0.717) is 5.92 Å². The summed E-state index contributed by atoms with van der Waals surface area (Å²) in [4.78, 5) is 0. The number of aliphatic hydroxyl groups excluding tert-OH is 1. The highest BCUT2D eigenvalue weighted by Crippen LogP contribution is 2.27. The van der Waals surface area contributed by atoms with Crippen molar-refractivity contribution in [1.82, 2.24) is 0 Å². The maximum atomic E-state index is 10.4. The van der Waals surface area contributed by atoms with Gasteiger partial charge in [-0.3, -0.25) is 0 Å². The number of aliphatic hydroxyl groups is 1. The summed E-state index contributed by atoms with van der Waals surface area (Å²) in [5, 5.41) is 10.4. The van der Waals surface area contributed by atoms with Gasteiger partial charge in [0.1, 0.15) is 0 Å². The van der Waals surface area contributed by atoms with E-state index in [-0.39, 0.29) is 6.10 Å². The first-order valence-electron chi connectivity index (χ1n) is 7.40. The van der Waals surface area contributed by atoms with Crippen LogP contribution in [0.3, 0.4) is 0 Å². The van der Waals surface area contributed by atoms with Crippen molar-refractivity contribution in [3.05, 3.63) is 34.9 Å². The van der Waals surface area contributed by atoms with E-state index >= 15 is 0 Å². The predicted octanol–water partition coefficient (Wildman–Crippen LogP) is 4.18. The highest BCUT2D eigenvalue weighted by atomic mass is 16.3. The number of hydrogen-bond donors (Lipinski definition) is 1. The van der Waals surface area contributed by atoms with Gasteiger partial charge in [0.2, 0.25) is 0 Å². The van der Waals surface area contributed by atoms with E-state index in [9.17, 15) is 5.11 Å². The van der Waals surface area contributed by atoms with Crippen molar-refractivity contribution in [1.29, 1.82) is 0 Å². The molecule has 0 spiro atoms. The fraction of sp³-hybridized carbons (Fsp3) is 0.647. The van der Waals surface area contributed by atoms with Crippen molar-refractivity contribution >= 4 is 0 Å². The minimum atomic E-state index is -0.149. The minimum Gasteiger partial charge on any atom is -0.392 e. The molecule has 1 nitrogen and oxygen atoms in total. The molecule has 1 heteroatoms. The number of aryl methyl sites for hydroxylation is 2. The minimum absolute atomic E-state index is 0.149. The van der Waals surface area contributed by atoms with Gasteiger partial charge in [0.05, 0.1) is 6.10 Å². The second-order valence-corrected chi connectivity index (χ2v) is 6.02. The highest BCUT2D eigenvalue weighted by molar-refractivity contribution is 5.29. The molecular formula is C17H26O. The Labute approximate surface area is 111 Å². The van der Waals surface area contributed by atoms with E-state index in [1.165, 1.54) is 55.2 Å². The van der Waals surface area contributed by atoms with Crippen LogP contribution in [0.15, 0.2) is 18.2 Å². The van der Waals surface area contributed by atoms with Crippen LogP contribution in [0.1, 0.15) is 55.2 Å². The van der Waals surface area contributed by atoms with Crippen molar-refractivity contribution in [2.24, 2.45) is 5.92 Å². The lowest BCUT2D eigenvalue weighted by atomic mass is 9.89. The standard InChI is InChI=1S/C17H26O/c1-13-9-14(2)11-15(10-13)12-17(18)16-7-5-3-4-6-8-16/h9-11,16-18H,3-8,12H2,1-2H3. The van der Waals surface area contributed by atoms with E-state index in [2.05, 4.69) is 32.0 Å². The molecule has 1 saturated carbocycles. The first-order chi connectivity index (χ1) is 8.65. The molecule has 1 aromatic carbocycles.